The fourth-order valence-corrected chi connectivity index (χ4v) is 2.42. The molecule has 0 saturated heterocycles. The number of hydrogen-bond donors (Lipinski definition) is 1. The third-order valence-corrected chi connectivity index (χ3v) is 4.04. The monoisotopic (exact) mass is 345 g/mol. The van der Waals surface area contributed by atoms with Crippen LogP contribution in [0.25, 0.3) is 0 Å². The second kappa shape index (κ2) is 7.46. The third kappa shape index (κ3) is 4.65. The Bertz CT molecular complexity index is 800. The van der Waals surface area contributed by atoms with Crippen molar-refractivity contribution in [3.8, 4) is 5.75 Å². The molecule has 1 fully saturated rings. The Morgan fingerprint density at radius 1 is 1.40 bits per heavy atom. The molecule has 25 heavy (non-hydrogen) atoms. The molecule has 1 aliphatic carbocycles. The lowest BCUT2D eigenvalue weighted by Gasteiger charge is -2.15. The minimum Gasteiger partial charge on any atom is -0.481 e. The van der Waals surface area contributed by atoms with Crippen molar-refractivity contribution < 1.29 is 13.9 Å². The van der Waals surface area contributed by atoms with E-state index in [1.165, 1.54) is 35.2 Å². The molecular weight excluding hydrogens is 325 g/mol. The molecule has 0 aliphatic heterocycles. The van der Waals surface area contributed by atoms with Crippen LogP contribution >= 0.6 is 0 Å². The van der Waals surface area contributed by atoms with E-state index in [0.717, 1.165) is 18.5 Å². The van der Waals surface area contributed by atoms with Crippen LogP contribution in [0.1, 0.15) is 31.4 Å². The molecule has 1 amide bonds. The van der Waals surface area contributed by atoms with Crippen molar-refractivity contribution in [2.75, 3.05) is 6.54 Å². The highest BCUT2D eigenvalue weighted by molar-refractivity contribution is 5.80. The summed E-state index contributed by atoms with van der Waals surface area (Å²) in [4.78, 5) is 28.3. The summed E-state index contributed by atoms with van der Waals surface area (Å²) in [5.41, 5.74) is 0.744. The van der Waals surface area contributed by atoms with Crippen molar-refractivity contribution in [1.82, 2.24) is 14.9 Å². The van der Waals surface area contributed by atoms with Crippen LogP contribution in [0.15, 0.2) is 41.5 Å². The van der Waals surface area contributed by atoms with Gasteiger partial charge in [0.15, 0.2) is 6.10 Å². The summed E-state index contributed by atoms with van der Waals surface area (Å²) in [6.07, 6.45) is 3.00. The Labute approximate surface area is 144 Å². The summed E-state index contributed by atoms with van der Waals surface area (Å²) in [5, 5.41) is 2.71. The number of nitrogens with one attached hydrogen (secondary N) is 1. The summed E-state index contributed by atoms with van der Waals surface area (Å²) in [6, 6.07) is 7.03. The summed E-state index contributed by atoms with van der Waals surface area (Å²) in [7, 11) is 0. The molecule has 1 aliphatic rings. The smallest absolute Gasteiger partial charge is 0.260 e. The van der Waals surface area contributed by atoms with Crippen LogP contribution in [0, 0.1) is 5.82 Å². The number of amides is 1. The number of rotatable bonds is 7. The minimum absolute atomic E-state index is 0.109. The average molecular weight is 345 g/mol. The molecule has 7 heteroatoms. The molecule has 1 N–H and O–H groups in total. The Kier molecular flexibility index (Phi) is 5.11. The van der Waals surface area contributed by atoms with Gasteiger partial charge in [0.1, 0.15) is 11.6 Å². The predicted octanol–water partition coefficient (Wildman–Crippen LogP) is 1.84. The van der Waals surface area contributed by atoms with Crippen molar-refractivity contribution in [2.45, 2.75) is 38.3 Å². The lowest BCUT2D eigenvalue weighted by atomic mass is 10.3. The highest BCUT2D eigenvalue weighted by atomic mass is 19.1. The summed E-state index contributed by atoms with van der Waals surface area (Å²) in [5.74, 6) is 0.183. The van der Waals surface area contributed by atoms with E-state index < -0.39 is 6.10 Å². The molecule has 132 valence electrons. The zero-order valence-corrected chi connectivity index (χ0v) is 13.9. The third-order valence-electron chi connectivity index (χ3n) is 4.04. The van der Waals surface area contributed by atoms with Gasteiger partial charge in [-0.15, -0.1) is 0 Å². The summed E-state index contributed by atoms with van der Waals surface area (Å²) < 4.78 is 19.8. The Morgan fingerprint density at radius 3 is 2.76 bits per heavy atom. The predicted molar refractivity (Wildman–Crippen MR) is 90.0 cm³/mol. The Morgan fingerprint density at radius 2 is 2.12 bits per heavy atom. The van der Waals surface area contributed by atoms with Crippen LogP contribution in [-0.4, -0.2) is 28.1 Å². The van der Waals surface area contributed by atoms with Gasteiger partial charge in [-0.1, -0.05) is 0 Å². The van der Waals surface area contributed by atoms with Gasteiger partial charge in [0.05, 0.1) is 12.0 Å². The van der Waals surface area contributed by atoms with Gasteiger partial charge in [-0.2, -0.15) is 0 Å². The maximum Gasteiger partial charge on any atom is 0.260 e. The van der Waals surface area contributed by atoms with E-state index in [2.05, 4.69) is 10.3 Å². The fraction of sp³-hybridized carbons (Fsp3) is 0.389. The topological polar surface area (TPSA) is 73.2 Å². The van der Waals surface area contributed by atoms with Crippen molar-refractivity contribution in [1.29, 1.82) is 0 Å². The van der Waals surface area contributed by atoms with Gasteiger partial charge in [-0.25, -0.2) is 9.37 Å². The van der Waals surface area contributed by atoms with Gasteiger partial charge in [-0.3, -0.25) is 14.2 Å². The van der Waals surface area contributed by atoms with Gasteiger partial charge in [0.2, 0.25) is 0 Å². The molecule has 0 bridgehead atoms. The molecular formula is C18H20FN3O3. The number of benzene rings is 1. The highest BCUT2D eigenvalue weighted by Gasteiger charge is 2.25. The van der Waals surface area contributed by atoms with Crippen LogP contribution in [0.3, 0.4) is 0 Å². The minimum atomic E-state index is -0.724. The van der Waals surface area contributed by atoms with Crippen molar-refractivity contribution in [3.05, 3.63) is 58.5 Å². The van der Waals surface area contributed by atoms with Gasteiger partial charge in [-0.05, 0) is 44.0 Å². The van der Waals surface area contributed by atoms with Crippen LogP contribution in [0.5, 0.6) is 5.75 Å². The number of carbonyl (C=O) groups excluding carboxylic acids is 1. The zero-order valence-electron chi connectivity index (χ0n) is 13.9. The first-order valence-electron chi connectivity index (χ1n) is 8.29. The van der Waals surface area contributed by atoms with Crippen LogP contribution in [-0.2, 0) is 11.3 Å². The number of hydrogen-bond acceptors (Lipinski definition) is 4. The van der Waals surface area contributed by atoms with E-state index in [0.29, 0.717) is 24.8 Å². The van der Waals surface area contributed by atoms with E-state index in [1.54, 1.807) is 13.0 Å². The zero-order chi connectivity index (χ0) is 17.8. The van der Waals surface area contributed by atoms with Gasteiger partial charge < -0.3 is 10.1 Å². The quantitative estimate of drug-likeness (QED) is 0.831. The largest absolute Gasteiger partial charge is 0.481 e. The lowest BCUT2D eigenvalue weighted by molar-refractivity contribution is -0.127. The molecule has 3 rings (SSSR count). The molecule has 1 atom stereocenters. The molecule has 1 heterocycles. The first kappa shape index (κ1) is 17.1. The molecule has 2 aromatic rings. The first-order chi connectivity index (χ1) is 12.0. The number of halogens is 1. The molecule has 1 unspecified atom stereocenters. The van der Waals surface area contributed by atoms with E-state index >= 15 is 0 Å². The normalized spacial score (nSPS) is 14.8. The Balaban J connectivity index is 1.47. The van der Waals surface area contributed by atoms with Gasteiger partial charge in [0, 0.05) is 25.1 Å². The average Bonchev–Trinajstić information content (AvgIpc) is 3.43. The van der Waals surface area contributed by atoms with Crippen LogP contribution in [0.2, 0.25) is 0 Å². The van der Waals surface area contributed by atoms with Crippen molar-refractivity contribution in [2.24, 2.45) is 0 Å². The van der Waals surface area contributed by atoms with Gasteiger partial charge >= 0.3 is 0 Å². The van der Waals surface area contributed by atoms with E-state index in [-0.39, 0.29) is 17.3 Å². The number of ether oxygens (including phenoxy) is 1. The molecule has 1 saturated carbocycles. The SMILES string of the molecule is CC(Oc1ccc(F)cc1)C(=O)NCCn1cnc(C2CC2)cc1=O. The van der Waals surface area contributed by atoms with Crippen molar-refractivity contribution >= 4 is 5.91 Å². The summed E-state index contributed by atoms with van der Waals surface area (Å²) in [6.45, 7) is 2.24. The van der Waals surface area contributed by atoms with E-state index in [1.807, 2.05) is 0 Å². The maximum absolute atomic E-state index is 12.8. The molecule has 6 nitrogen and oxygen atoms in total. The van der Waals surface area contributed by atoms with Crippen molar-refractivity contribution in [3.63, 3.8) is 0 Å². The second-order valence-electron chi connectivity index (χ2n) is 6.12. The number of aromatic nitrogens is 2. The molecule has 1 aromatic carbocycles. The molecule has 0 spiro atoms. The van der Waals surface area contributed by atoms with Gasteiger partial charge in [0.25, 0.3) is 11.5 Å². The number of carbonyl (C=O) groups is 1. The second-order valence-corrected chi connectivity index (χ2v) is 6.12. The molecule has 0 radical (unpaired) electrons. The molecule has 1 aromatic heterocycles. The highest BCUT2D eigenvalue weighted by Crippen LogP contribution is 2.38. The first-order valence-corrected chi connectivity index (χ1v) is 8.29. The lowest BCUT2D eigenvalue weighted by Crippen LogP contribution is -2.38. The fourth-order valence-electron chi connectivity index (χ4n) is 2.42. The standard InChI is InChI=1S/C18H20FN3O3/c1-12(25-15-6-4-14(19)5-7-15)18(24)20-8-9-22-11-21-16(10-17(22)23)13-2-3-13/h4-7,10-13H,2-3,8-9H2,1H3,(H,20,24). The van der Waals surface area contributed by atoms with E-state index in [9.17, 15) is 14.0 Å². The summed E-state index contributed by atoms with van der Waals surface area (Å²) >= 11 is 0. The number of nitrogens with zero attached hydrogens (tertiary/aromatic N) is 2. The van der Waals surface area contributed by atoms with E-state index in [4.69, 9.17) is 4.74 Å². The van der Waals surface area contributed by atoms with Crippen LogP contribution < -0.4 is 15.6 Å². The van der Waals surface area contributed by atoms with Crippen LogP contribution in [0.4, 0.5) is 4.39 Å². The maximum atomic E-state index is 12.8. The Hall–Kier alpha value is -2.70.